The lowest BCUT2D eigenvalue weighted by atomic mass is 10.1. The molecule has 1 aromatic carbocycles. The van der Waals surface area contributed by atoms with Crippen LogP contribution in [-0.2, 0) is 4.79 Å². The number of hydrogen-bond donors (Lipinski definition) is 1. The van der Waals surface area contributed by atoms with E-state index in [2.05, 4.69) is 10.2 Å². The van der Waals surface area contributed by atoms with Gasteiger partial charge in [-0.2, -0.15) is 5.10 Å². The van der Waals surface area contributed by atoms with E-state index in [1.54, 1.807) is 15.9 Å². The SMILES string of the molecule is Cc1[nH]nc2c(C(=O)N3CCN(C(=O)C4(F)CC4)CC3C)cccc12. The van der Waals surface area contributed by atoms with Crippen LogP contribution in [-0.4, -0.2) is 63.2 Å². The molecule has 2 amide bonds. The third-order valence-electron chi connectivity index (χ3n) is 5.25. The predicted molar refractivity (Wildman–Crippen MR) is 91.0 cm³/mol. The van der Waals surface area contributed by atoms with Gasteiger partial charge in [0.1, 0.15) is 5.52 Å². The molecule has 1 aliphatic heterocycles. The summed E-state index contributed by atoms with van der Waals surface area (Å²) >= 11 is 0. The fraction of sp³-hybridized carbons (Fsp3) is 0.500. The fourth-order valence-corrected chi connectivity index (χ4v) is 3.54. The monoisotopic (exact) mass is 344 g/mol. The maximum absolute atomic E-state index is 14.0. The van der Waals surface area contributed by atoms with Crippen molar-refractivity contribution < 1.29 is 14.0 Å². The lowest BCUT2D eigenvalue weighted by Gasteiger charge is -2.40. The van der Waals surface area contributed by atoms with E-state index in [9.17, 15) is 14.0 Å². The number of nitrogens with one attached hydrogen (secondary N) is 1. The highest BCUT2D eigenvalue weighted by atomic mass is 19.1. The average molecular weight is 344 g/mol. The molecule has 4 rings (SSSR count). The summed E-state index contributed by atoms with van der Waals surface area (Å²) in [5.41, 5.74) is 0.490. The van der Waals surface area contributed by atoms with Crippen molar-refractivity contribution in [2.75, 3.05) is 19.6 Å². The summed E-state index contributed by atoms with van der Waals surface area (Å²) < 4.78 is 14.0. The van der Waals surface area contributed by atoms with E-state index >= 15 is 0 Å². The van der Waals surface area contributed by atoms with Crippen molar-refractivity contribution in [3.05, 3.63) is 29.5 Å². The molecule has 1 N–H and O–H groups in total. The topological polar surface area (TPSA) is 69.3 Å². The molecular formula is C18H21FN4O2. The largest absolute Gasteiger partial charge is 0.336 e. The first-order valence-electron chi connectivity index (χ1n) is 8.64. The normalized spacial score (nSPS) is 22.3. The maximum Gasteiger partial charge on any atom is 0.260 e. The Hall–Kier alpha value is -2.44. The van der Waals surface area contributed by atoms with Crippen LogP contribution in [0.5, 0.6) is 0 Å². The second-order valence-corrected chi connectivity index (χ2v) is 7.11. The van der Waals surface area contributed by atoms with Crippen LogP contribution in [0.4, 0.5) is 4.39 Å². The molecule has 0 bridgehead atoms. The first-order chi connectivity index (χ1) is 11.9. The number of H-pyrrole nitrogens is 1. The summed E-state index contributed by atoms with van der Waals surface area (Å²) in [6, 6.07) is 5.39. The van der Waals surface area contributed by atoms with E-state index < -0.39 is 11.6 Å². The molecule has 6 nitrogen and oxygen atoms in total. The number of para-hydroxylation sites is 1. The molecule has 1 aromatic heterocycles. The zero-order valence-corrected chi connectivity index (χ0v) is 14.4. The Bertz CT molecular complexity index is 858. The minimum atomic E-state index is -1.65. The Morgan fingerprint density at radius 2 is 2.08 bits per heavy atom. The molecule has 1 atom stereocenters. The third-order valence-corrected chi connectivity index (χ3v) is 5.25. The number of nitrogens with zero attached hydrogens (tertiary/aromatic N) is 3. The van der Waals surface area contributed by atoms with Crippen molar-refractivity contribution in [1.29, 1.82) is 0 Å². The number of aromatic nitrogens is 2. The molecule has 2 aromatic rings. The molecular weight excluding hydrogens is 323 g/mol. The van der Waals surface area contributed by atoms with Gasteiger partial charge in [-0.15, -0.1) is 0 Å². The van der Waals surface area contributed by atoms with Gasteiger partial charge in [0, 0.05) is 36.8 Å². The Labute approximate surface area is 145 Å². The maximum atomic E-state index is 14.0. The summed E-state index contributed by atoms with van der Waals surface area (Å²) in [7, 11) is 0. The van der Waals surface area contributed by atoms with Gasteiger partial charge in [-0.1, -0.05) is 12.1 Å². The van der Waals surface area contributed by atoms with Gasteiger partial charge in [0.05, 0.1) is 5.56 Å². The molecule has 0 radical (unpaired) electrons. The number of alkyl halides is 1. The zero-order chi connectivity index (χ0) is 17.8. The highest BCUT2D eigenvalue weighted by molar-refractivity contribution is 6.06. The smallest absolute Gasteiger partial charge is 0.260 e. The summed E-state index contributed by atoms with van der Waals surface area (Å²) in [4.78, 5) is 28.5. The van der Waals surface area contributed by atoms with E-state index in [-0.39, 0.29) is 11.9 Å². The Morgan fingerprint density at radius 3 is 2.76 bits per heavy atom. The minimum absolute atomic E-state index is 0.0990. The molecule has 7 heteroatoms. The molecule has 1 aliphatic carbocycles. The molecule has 1 unspecified atom stereocenters. The van der Waals surface area contributed by atoms with Crippen molar-refractivity contribution in [2.45, 2.75) is 38.4 Å². The molecule has 1 saturated heterocycles. The Kier molecular flexibility index (Phi) is 3.56. The highest BCUT2D eigenvalue weighted by Crippen LogP contribution is 2.41. The fourth-order valence-electron chi connectivity index (χ4n) is 3.54. The number of amides is 2. The van der Waals surface area contributed by atoms with Gasteiger partial charge >= 0.3 is 0 Å². The molecule has 2 aliphatic rings. The van der Waals surface area contributed by atoms with Gasteiger partial charge in [-0.25, -0.2) is 4.39 Å². The summed E-state index contributed by atoms with van der Waals surface area (Å²) in [6.07, 6.45) is 0.639. The van der Waals surface area contributed by atoms with Gasteiger partial charge in [0.15, 0.2) is 5.67 Å². The van der Waals surface area contributed by atoms with Crippen LogP contribution in [0, 0.1) is 6.92 Å². The second kappa shape index (κ2) is 5.54. The first kappa shape index (κ1) is 16.1. The highest BCUT2D eigenvalue weighted by Gasteiger charge is 2.53. The van der Waals surface area contributed by atoms with Gasteiger partial charge in [-0.3, -0.25) is 14.7 Å². The van der Waals surface area contributed by atoms with Crippen molar-refractivity contribution in [2.24, 2.45) is 0 Å². The van der Waals surface area contributed by atoms with Crippen molar-refractivity contribution in [3.8, 4) is 0 Å². The first-order valence-corrected chi connectivity index (χ1v) is 8.64. The number of benzene rings is 1. The zero-order valence-electron chi connectivity index (χ0n) is 14.4. The van der Waals surface area contributed by atoms with Crippen LogP contribution in [0.15, 0.2) is 18.2 Å². The Morgan fingerprint density at radius 1 is 1.32 bits per heavy atom. The van der Waals surface area contributed by atoms with Crippen molar-refractivity contribution in [1.82, 2.24) is 20.0 Å². The third kappa shape index (κ3) is 2.58. The molecule has 1 saturated carbocycles. The number of fused-ring (bicyclic) bond motifs is 1. The van der Waals surface area contributed by atoms with Gasteiger partial charge < -0.3 is 9.80 Å². The predicted octanol–water partition coefficient (Wildman–Crippen LogP) is 2.05. The van der Waals surface area contributed by atoms with Crippen molar-refractivity contribution >= 4 is 22.7 Å². The standard InChI is InChI=1S/C18H21FN4O2/c1-11-10-22(17(25)18(19)6-7-18)8-9-23(11)16(24)14-5-3-4-13-12(2)20-21-15(13)14/h3-5,11H,6-10H2,1-2H3,(H,20,21). The lowest BCUT2D eigenvalue weighted by Crippen LogP contribution is -2.57. The number of piperazine rings is 1. The van der Waals surface area contributed by atoms with Gasteiger partial charge in [0.2, 0.25) is 0 Å². The second-order valence-electron chi connectivity index (χ2n) is 7.11. The van der Waals surface area contributed by atoms with E-state index in [1.807, 2.05) is 26.0 Å². The van der Waals surface area contributed by atoms with Crippen LogP contribution in [0.25, 0.3) is 10.9 Å². The van der Waals surface area contributed by atoms with Crippen LogP contribution in [0.3, 0.4) is 0 Å². The average Bonchev–Trinajstić information content (AvgIpc) is 3.25. The number of aryl methyl sites for hydroxylation is 1. The lowest BCUT2D eigenvalue weighted by molar-refractivity contribution is -0.140. The molecule has 132 valence electrons. The molecule has 2 heterocycles. The van der Waals surface area contributed by atoms with E-state index in [1.165, 1.54) is 0 Å². The van der Waals surface area contributed by atoms with E-state index in [0.717, 1.165) is 11.1 Å². The Balaban J connectivity index is 1.54. The quantitative estimate of drug-likeness (QED) is 0.906. The van der Waals surface area contributed by atoms with Crippen molar-refractivity contribution in [3.63, 3.8) is 0 Å². The molecule has 25 heavy (non-hydrogen) atoms. The van der Waals surface area contributed by atoms with Gasteiger partial charge in [0.25, 0.3) is 11.8 Å². The number of carbonyl (C=O) groups excluding carboxylic acids is 2. The number of hydrogen-bond acceptors (Lipinski definition) is 3. The van der Waals surface area contributed by atoms with Crippen LogP contribution < -0.4 is 0 Å². The molecule has 2 fully saturated rings. The van der Waals surface area contributed by atoms with Crippen LogP contribution >= 0.6 is 0 Å². The van der Waals surface area contributed by atoms with Gasteiger partial charge in [-0.05, 0) is 32.8 Å². The molecule has 0 spiro atoms. The minimum Gasteiger partial charge on any atom is -0.336 e. The number of halogens is 1. The number of rotatable bonds is 2. The van der Waals surface area contributed by atoms with Crippen LogP contribution in [0.1, 0.15) is 35.8 Å². The number of aromatic amines is 1. The van der Waals surface area contributed by atoms with E-state index in [0.29, 0.717) is 43.6 Å². The summed E-state index contributed by atoms with van der Waals surface area (Å²) in [5, 5.41) is 8.10. The number of carbonyl (C=O) groups is 2. The van der Waals surface area contributed by atoms with E-state index in [4.69, 9.17) is 0 Å². The van der Waals surface area contributed by atoms with Crippen LogP contribution in [0.2, 0.25) is 0 Å². The summed E-state index contributed by atoms with van der Waals surface area (Å²) in [5.74, 6) is -0.519. The summed E-state index contributed by atoms with van der Waals surface area (Å²) in [6.45, 7) is 4.95.